The lowest BCUT2D eigenvalue weighted by Gasteiger charge is -2.17. The van der Waals surface area contributed by atoms with Gasteiger partial charge < -0.3 is 15.2 Å². The minimum Gasteiger partial charge on any atom is -0.347 e. The quantitative estimate of drug-likeness (QED) is 0.884. The van der Waals surface area contributed by atoms with Crippen LogP contribution in [0.2, 0.25) is 0 Å². The summed E-state index contributed by atoms with van der Waals surface area (Å²) in [5.41, 5.74) is 2.12. The van der Waals surface area contributed by atoms with Crippen LogP contribution in [-0.4, -0.2) is 27.4 Å². The lowest BCUT2D eigenvalue weighted by atomic mass is 10.1. The van der Waals surface area contributed by atoms with Crippen LogP contribution < -0.4 is 10.6 Å². The molecule has 7 nitrogen and oxygen atoms in total. The van der Waals surface area contributed by atoms with Gasteiger partial charge in [0.1, 0.15) is 0 Å². The fourth-order valence-corrected chi connectivity index (χ4v) is 3.23. The predicted molar refractivity (Wildman–Crippen MR) is 94.8 cm³/mol. The van der Waals surface area contributed by atoms with E-state index in [1.165, 1.54) is 0 Å². The van der Waals surface area contributed by atoms with Crippen LogP contribution in [0.4, 0.5) is 5.69 Å². The van der Waals surface area contributed by atoms with Crippen molar-refractivity contribution in [3.8, 4) is 6.07 Å². The van der Waals surface area contributed by atoms with Crippen molar-refractivity contribution >= 4 is 17.5 Å². The summed E-state index contributed by atoms with van der Waals surface area (Å²) in [6, 6.07) is 9.02. The number of rotatable bonds is 4. The van der Waals surface area contributed by atoms with E-state index in [0.717, 1.165) is 37.8 Å². The highest BCUT2D eigenvalue weighted by atomic mass is 16.2. The molecule has 2 amide bonds. The molecule has 1 aliphatic carbocycles. The first-order valence-electron chi connectivity index (χ1n) is 8.87. The van der Waals surface area contributed by atoms with Crippen LogP contribution in [0.25, 0.3) is 0 Å². The van der Waals surface area contributed by atoms with E-state index in [1.54, 1.807) is 24.3 Å². The molecule has 0 atom stereocenters. The Kier molecular flexibility index (Phi) is 4.17. The fraction of sp³-hybridized carbons (Fsp3) is 0.368. The molecule has 0 bridgehead atoms. The largest absolute Gasteiger partial charge is 0.347 e. The van der Waals surface area contributed by atoms with Crippen molar-refractivity contribution in [3.05, 3.63) is 47.0 Å². The third kappa shape index (κ3) is 3.18. The number of anilines is 1. The molecule has 0 spiro atoms. The monoisotopic (exact) mass is 349 g/mol. The number of carbonyl (C=O) groups excluding carboxylic acids is 2. The van der Waals surface area contributed by atoms with Crippen LogP contribution in [0.3, 0.4) is 0 Å². The van der Waals surface area contributed by atoms with Crippen LogP contribution in [0.15, 0.2) is 24.3 Å². The predicted octanol–water partition coefficient (Wildman–Crippen LogP) is 2.24. The Balaban J connectivity index is 1.62. The average Bonchev–Trinajstić information content (AvgIpc) is 3.38. The number of amides is 2. The molecule has 1 fully saturated rings. The van der Waals surface area contributed by atoms with Gasteiger partial charge in [-0.25, -0.2) is 4.98 Å². The number of hydrogen-bond donors (Lipinski definition) is 2. The van der Waals surface area contributed by atoms with Crippen LogP contribution in [0.1, 0.15) is 58.0 Å². The highest BCUT2D eigenvalue weighted by Crippen LogP contribution is 2.24. The van der Waals surface area contributed by atoms with E-state index < -0.39 is 0 Å². The summed E-state index contributed by atoms with van der Waals surface area (Å²) in [5, 5.41) is 14.7. The first kappa shape index (κ1) is 16.3. The van der Waals surface area contributed by atoms with Gasteiger partial charge in [0.15, 0.2) is 11.5 Å². The molecule has 0 saturated heterocycles. The molecule has 1 aromatic carbocycles. The Hall–Kier alpha value is -3.14. The number of nitriles is 1. The number of imidazole rings is 1. The van der Waals surface area contributed by atoms with E-state index in [4.69, 9.17) is 5.26 Å². The third-order valence-electron chi connectivity index (χ3n) is 4.70. The Bertz CT molecular complexity index is 920. The highest BCUT2D eigenvalue weighted by molar-refractivity contribution is 6.05. The van der Waals surface area contributed by atoms with Crippen LogP contribution in [0, 0.1) is 11.3 Å². The Morgan fingerprint density at radius 3 is 2.85 bits per heavy atom. The number of carbonyl (C=O) groups is 2. The first-order chi connectivity index (χ1) is 12.7. The van der Waals surface area contributed by atoms with Crippen molar-refractivity contribution in [3.63, 3.8) is 0 Å². The van der Waals surface area contributed by atoms with Gasteiger partial charge in [0.05, 0.1) is 17.3 Å². The lowest BCUT2D eigenvalue weighted by Crippen LogP contribution is -2.29. The minimum atomic E-state index is -0.351. The Labute approximate surface area is 151 Å². The van der Waals surface area contributed by atoms with Gasteiger partial charge in [0, 0.05) is 18.3 Å². The third-order valence-corrected chi connectivity index (χ3v) is 4.70. The molecule has 0 unspecified atom stereocenters. The number of nitrogens with one attached hydrogen (secondary N) is 2. The smallest absolute Gasteiger partial charge is 0.287 e. The second-order valence-electron chi connectivity index (χ2n) is 6.73. The zero-order valence-corrected chi connectivity index (χ0v) is 14.3. The summed E-state index contributed by atoms with van der Waals surface area (Å²) < 4.78 is 1.88. The van der Waals surface area contributed by atoms with Crippen molar-refractivity contribution in [1.29, 1.82) is 5.26 Å². The molecule has 1 aliphatic heterocycles. The summed E-state index contributed by atoms with van der Waals surface area (Å²) in [6.45, 7) is 0.701. The number of benzene rings is 1. The number of aromatic nitrogens is 2. The topological polar surface area (TPSA) is 99.8 Å². The van der Waals surface area contributed by atoms with Crippen molar-refractivity contribution in [2.75, 3.05) is 5.32 Å². The number of fused-ring (bicyclic) bond motifs is 1. The molecular formula is C19H19N5O2. The van der Waals surface area contributed by atoms with E-state index in [2.05, 4.69) is 15.6 Å². The van der Waals surface area contributed by atoms with Gasteiger partial charge in [-0.15, -0.1) is 0 Å². The van der Waals surface area contributed by atoms with E-state index >= 15 is 0 Å². The van der Waals surface area contributed by atoms with E-state index in [1.807, 2.05) is 10.6 Å². The summed E-state index contributed by atoms with van der Waals surface area (Å²) >= 11 is 0. The Morgan fingerprint density at radius 1 is 1.23 bits per heavy atom. The second kappa shape index (κ2) is 6.64. The van der Waals surface area contributed by atoms with Gasteiger partial charge in [0.25, 0.3) is 11.8 Å². The summed E-state index contributed by atoms with van der Waals surface area (Å²) in [7, 11) is 0. The molecule has 4 rings (SSSR count). The molecule has 132 valence electrons. The van der Waals surface area contributed by atoms with Gasteiger partial charge in [-0.3, -0.25) is 9.59 Å². The maximum Gasteiger partial charge on any atom is 0.287 e. The van der Waals surface area contributed by atoms with Crippen molar-refractivity contribution in [2.24, 2.45) is 0 Å². The minimum absolute atomic E-state index is 0.207. The average molecular weight is 349 g/mol. The molecule has 2 N–H and O–H groups in total. The van der Waals surface area contributed by atoms with Crippen LogP contribution in [0.5, 0.6) is 0 Å². The summed E-state index contributed by atoms with van der Waals surface area (Å²) in [4.78, 5) is 29.6. The normalized spacial score (nSPS) is 15.7. The molecule has 2 aromatic rings. The van der Waals surface area contributed by atoms with E-state index in [9.17, 15) is 9.59 Å². The van der Waals surface area contributed by atoms with E-state index in [-0.39, 0.29) is 17.9 Å². The van der Waals surface area contributed by atoms with Gasteiger partial charge in [-0.2, -0.15) is 5.26 Å². The SMILES string of the molecule is N#Cc1cccc(NC(=O)c2nc(C(=O)NC3CC3)n3c2CCCC3)c1. The fourth-order valence-electron chi connectivity index (χ4n) is 3.23. The maximum atomic E-state index is 12.8. The van der Waals surface area contributed by atoms with Gasteiger partial charge in [-0.05, 0) is 50.3 Å². The van der Waals surface area contributed by atoms with Gasteiger partial charge in [-0.1, -0.05) is 6.07 Å². The Morgan fingerprint density at radius 2 is 2.08 bits per heavy atom. The summed E-state index contributed by atoms with van der Waals surface area (Å²) in [6.07, 6.45) is 4.67. The van der Waals surface area contributed by atoms with Crippen LogP contribution in [-0.2, 0) is 13.0 Å². The molecule has 7 heteroatoms. The maximum absolute atomic E-state index is 12.8. The second-order valence-corrected chi connectivity index (χ2v) is 6.73. The zero-order chi connectivity index (χ0) is 18.1. The molecule has 1 saturated carbocycles. The molecule has 26 heavy (non-hydrogen) atoms. The standard InChI is InChI=1S/C19H19N5O2/c20-11-12-4-3-5-14(10-12)22-18(25)16-15-6-1-2-9-24(15)17(23-16)19(26)21-13-7-8-13/h3-5,10,13H,1-2,6-9H2,(H,21,26)(H,22,25). The zero-order valence-electron chi connectivity index (χ0n) is 14.3. The first-order valence-corrected chi connectivity index (χ1v) is 8.87. The molecule has 2 aliphatic rings. The van der Waals surface area contributed by atoms with Crippen molar-refractivity contribution in [1.82, 2.24) is 14.9 Å². The van der Waals surface area contributed by atoms with Crippen molar-refractivity contribution in [2.45, 2.75) is 44.7 Å². The van der Waals surface area contributed by atoms with Gasteiger partial charge in [0.2, 0.25) is 0 Å². The molecular weight excluding hydrogens is 330 g/mol. The number of hydrogen-bond acceptors (Lipinski definition) is 4. The van der Waals surface area contributed by atoms with Gasteiger partial charge >= 0.3 is 0 Å². The van der Waals surface area contributed by atoms with E-state index in [0.29, 0.717) is 29.3 Å². The molecule has 2 heterocycles. The summed E-state index contributed by atoms with van der Waals surface area (Å²) in [5.74, 6) is -0.236. The lowest BCUT2D eigenvalue weighted by molar-refractivity contribution is 0.0935. The number of nitrogens with zero attached hydrogens (tertiary/aromatic N) is 3. The van der Waals surface area contributed by atoms with Crippen LogP contribution >= 0.6 is 0 Å². The molecule has 0 radical (unpaired) electrons. The van der Waals surface area contributed by atoms with Crippen molar-refractivity contribution < 1.29 is 9.59 Å². The highest BCUT2D eigenvalue weighted by Gasteiger charge is 2.30. The molecule has 1 aromatic heterocycles.